The van der Waals surface area contributed by atoms with Crippen molar-refractivity contribution < 1.29 is 4.73 Å². The van der Waals surface area contributed by atoms with Crippen molar-refractivity contribution in [3.8, 4) is 0 Å². The van der Waals surface area contributed by atoms with Gasteiger partial charge in [0, 0.05) is 12.1 Å². The van der Waals surface area contributed by atoms with Crippen molar-refractivity contribution in [2.45, 2.75) is 6.42 Å². The van der Waals surface area contributed by atoms with Crippen molar-refractivity contribution in [1.82, 2.24) is 0 Å². The molecule has 0 aliphatic rings. The summed E-state index contributed by atoms with van der Waals surface area (Å²) in [6.07, 6.45) is 3.93. The SMILES string of the molecule is [O-][n+]1ccc(Cc2ccccc2)cc1. The van der Waals surface area contributed by atoms with E-state index in [1.54, 1.807) is 0 Å². The van der Waals surface area contributed by atoms with Gasteiger partial charge in [0.25, 0.3) is 0 Å². The van der Waals surface area contributed by atoms with Crippen molar-refractivity contribution in [2.24, 2.45) is 0 Å². The molecule has 1 aromatic heterocycles. The number of benzene rings is 1. The van der Waals surface area contributed by atoms with Gasteiger partial charge in [0.15, 0.2) is 12.4 Å². The van der Waals surface area contributed by atoms with Gasteiger partial charge in [-0.1, -0.05) is 30.3 Å². The molecule has 0 atom stereocenters. The Labute approximate surface area is 83.0 Å². The second kappa shape index (κ2) is 3.92. The first-order valence-corrected chi connectivity index (χ1v) is 4.56. The Kier molecular flexibility index (Phi) is 2.45. The molecule has 0 saturated heterocycles. The molecule has 2 heteroatoms. The van der Waals surface area contributed by atoms with Crippen molar-refractivity contribution in [1.29, 1.82) is 0 Å². The fraction of sp³-hybridized carbons (Fsp3) is 0.0833. The molecule has 2 aromatic rings. The molecule has 1 heterocycles. The van der Waals surface area contributed by atoms with E-state index in [1.807, 2.05) is 30.3 Å². The lowest BCUT2D eigenvalue weighted by Crippen LogP contribution is -2.23. The van der Waals surface area contributed by atoms with Gasteiger partial charge >= 0.3 is 0 Å². The van der Waals surface area contributed by atoms with Gasteiger partial charge in [0.1, 0.15) is 0 Å². The zero-order valence-electron chi connectivity index (χ0n) is 7.76. The third-order valence-electron chi connectivity index (χ3n) is 2.12. The second-order valence-electron chi connectivity index (χ2n) is 3.23. The van der Waals surface area contributed by atoms with Crippen molar-refractivity contribution in [2.75, 3.05) is 0 Å². The van der Waals surface area contributed by atoms with Crippen LogP contribution in [-0.4, -0.2) is 0 Å². The molecule has 0 aliphatic carbocycles. The second-order valence-corrected chi connectivity index (χ2v) is 3.23. The molecule has 0 saturated carbocycles. The Morgan fingerprint density at radius 3 is 2.07 bits per heavy atom. The minimum absolute atomic E-state index is 0.800. The highest BCUT2D eigenvalue weighted by molar-refractivity contribution is 5.23. The minimum Gasteiger partial charge on any atom is -0.619 e. The summed E-state index contributed by atoms with van der Waals surface area (Å²) in [7, 11) is 0. The normalized spacial score (nSPS) is 10.0. The monoisotopic (exact) mass is 185 g/mol. The van der Waals surface area contributed by atoms with Gasteiger partial charge < -0.3 is 5.21 Å². The van der Waals surface area contributed by atoms with Crippen LogP contribution in [0.5, 0.6) is 0 Å². The van der Waals surface area contributed by atoms with Crippen LogP contribution in [0.25, 0.3) is 0 Å². The van der Waals surface area contributed by atoms with E-state index in [4.69, 9.17) is 0 Å². The lowest BCUT2D eigenvalue weighted by molar-refractivity contribution is -0.605. The molecule has 0 amide bonds. The Hall–Kier alpha value is -1.83. The molecule has 0 spiro atoms. The maximum absolute atomic E-state index is 10.8. The molecule has 0 bridgehead atoms. The molecular formula is C12H11NO. The number of rotatable bonds is 2. The molecule has 0 aliphatic heterocycles. The maximum Gasteiger partial charge on any atom is 0.180 e. The van der Waals surface area contributed by atoms with E-state index >= 15 is 0 Å². The van der Waals surface area contributed by atoms with Crippen molar-refractivity contribution in [3.05, 3.63) is 71.2 Å². The van der Waals surface area contributed by atoms with Crippen molar-refractivity contribution >= 4 is 0 Å². The minimum atomic E-state index is 0.800. The first kappa shape index (κ1) is 8.75. The first-order valence-electron chi connectivity index (χ1n) is 4.56. The third kappa shape index (κ3) is 2.10. The number of pyridine rings is 1. The largest absolute Gasteiger partial charge is 0.619 e. The van der Waals surface area contributed by atoms with Crippen LogP contribution in [0.3, 0.4) is 0 Å². The molecular weight excluding hydrogens is 174 g/mol. The molecule has 14 heavy (non-hydrogen) atoms. The van der Waals surface area contributed by atoms with E-state index in [9.17, 15) is 5.21 Å². The number of hydrogen-bond donors (Lipinski definition) is 0. The average Bonchev–Trinajstić information content (AvgIpc) is 2.23. The Morgan fingerprint density at radius 2 is 1.43 bits per heavy atom. The topological polar surface area (TPSA) is 26.9 Å². The summed E-state index contributed by atoms with van der Waals surface area (Å²) in [5.74, 6) is 0. The smallest absolute Gasteiger partial charge is 0.180 e. The van der Waals surface area contributed by atoms with E-state index in [1.165, 1.54) is 18.0 Å². The van der Waals surface area contributed by atoms with E-state index in [0.717, 1.165) is 16.7 Å². The molecule has 2 rings (SSSR count). The van der Waals surface area contributed by atoms with Crippen LogP contribution in [0.4, 0.5) is 0 Å². The Bertz CT molecular complexity index is 394. The van der Waals surface area contributed by atoms with Crippen LogP contribution in [-0.2, 0) is 6.42 Å². The number of hydrogen-bond acceptors (Lipinski definition) is 1. The number of nitrogens with zero attached hydrogens (tertiary/aromatic N) is 1. The van der Waals surface area contributed by atoms with Gasteiger partial charge in [-0.2, -0.15) is 4.73 Å². The summed E-state index contributed by atoms with van der Waals surface area (Å²) in [5, 5.41) is 10.8. The summed E-state index contributed by atoms with van der Waals surface area (Å²) < 4.78 is 0.800. The quantitative estimate of drug-likeness (QED) is 0.518. The molecule has 2 nitrogen and oxygen atoms in total. The lowest BCUT2D eigenvalue weighted by atomic mass is 10.1. The van der Waals surface area contributed by atoms with Gasteiger partial charge in [-0.25, -0.2) is 0 Å². The summed E-state index contributed by atoms with van der Waals surface area (Å²) in [6, 6.07) is 13.9. The lowest BCUT2D eigenvalue weighted by Gasteiger charge is -2.01. The Balaban J connectivity index is 2.16. The summed E-state index contributed by atoms with van der Waals surface area (Å²) >= 11 is 0. The van der Waals surface area contributed by atoms with E-state index in [0.29, 0.717) is 0 Å². The molecule has 1 aromatic carbocycles. The Morgan fingerprint density at radius 1 is 0.857 bits per heavy atom. The summed E-state index contributed by atoms with van der Waals surface area (Å²) in [4.78, 5) is 0. The standard InChI is InChI=1S/C12H11NO/c14-13-8-6-12(7-9-13)10-11-4-2-1-3-5-11/h1-9H,10H2. The zero-order valence-corrected chi connectivity index (χ0v) is 7.76. The predicted molar refractivity (Wildman–Crippen MR) is 54.7 cm³/mol. The van der Waals surface area contributed by atoms with Crippen LogP contribution in [0.2, 0.25) is 0 Å². The fourth-order valence-electron chi connectivity index (χ4n) is 1.39. The molecule has 0 radical (unpaired) electrons. The highest BCUT2D eigenvalue weighted by atomic mass is 16.5. The molecule has 0 fully saturated rings. The van der Waals surface area contributed by atoms with Crippen LogP contribution in [0.15, 0.2) is 54.9 Å². The van der Waals surface area contributed by atoms with Gasteiger partial charge in [-0.05, 0) is 17.5 Å². The summed E-state index contributed by atoms with van der Waals surface area (Å²) in [6.45, 7) is 0. The van der Waals surface area contributed by atoms with Crippen LogP contribution < -0.4 is 4.73 Å². The maximum atomic E-state index is 10.8. The number of aromatic nitrogens is 1. The molecule has 0 unspecified atom stereocenters. The zero-order chi connectivity index (χ0) is 9.80. The van der Waals surface area contributed by atoms with E-state index in [2.05, 4.69) is 12.1 Å². The van der Waals surface area contributed by atoms with Gasteiger partial charge in [-0.3, -0.25) is 0 Å². The average molecular weight is 185 g/mol. The summed E-state index contributed by atoms with van der Waals surface area (Å²) in [5.41, 5.74) is 2.42. The highest BCUT2D eigenvalue weighted by Crippen LogP contribution is 2.06. The van der Waals surface area contributed by atoms with Gasteiger partial charge in [0.2, 0.25) is 0 Å². The van der Waals surface area contributed by atoms with Gasteiger partial charge in [-0.15, -0.1) is 0 Å². The third-order valence-corrected chi connectivity index (χ3v) is 2.12. The molecule has 0 N–H and O–H groups in total. The van der Waals surface area contributed by atoms with E-state index < -0.39 is 0 Å². The van der Waals surface area contributed by atoms with Crippen LogP contribution >= 0.6 is 0 Å². The van der Waals surface area contributed by atoms with Gasteiger partial charge in [0.05, 0.1) is 0 Å². The van der Waals surface area contributed by atoms with Crippen LogP contribution in [0, 0.1) is 5.21 Å². The first-order chi connectivity index (χ1) is 6.84. The van der Waals surface area contributed by atoms with Crippen molar-refractivity contribution in [3.63, 3.8) is 0 Å². The highest BCUT2D eigenvalue weighted by Gasteiger charge is 1.96. The fourth-order valence-corrected chi connectivity index (χ4v) is 1.39. The van der Waals surface area contributed by atoms with E-state index in [-0.39, 0.29) is 0 Å². The predicted octanol–water partition coefficient (Wildman–Crippen LogP) is 1.91. The van der Waals surface area contributed by atoms with Crippen LogP contribution in [0.1, 0.15) is 11.1 Å². The molecule has 70 valence electrons.